The first-order valence-corrected chi connectivity index (χ1v) is 16.8. The third-order valence-corrected chi connectivity index (χ3v) is 10.1. The summed E-state index contributed by atoms with van der Waals surface area (Å²) in [4.78, 5) is 28.6. The largest absolute Gasteiger partial charge is 0.478 e. The van der Waals surface area contributed by atoms with E-state index in [0.29, 0.717) is 32.2 Å². The van der Waals surface area contributed by atoms with Crippen LogP contribution in [0.15, 0.2) is 53.7 Å². The summed E-state index contributed by atoms with van der Waals surface area (Å²) in [6, 6.07) is 14.3. The molecule has 0 saturated carbocycles. The summed E-state index contributed by atoms with van der Waals surface area (Å²) >= 11 is 1.65. The first-order valence-electron chi connectivity index (χ1n) is 16.0. The van der Waals surface area contributed by atoms with Crippen LogP contribution in [0.4, 0.5) is 10.7 Å². The van der Waals surface area contributed by atoms with Crippen LogP contribution in [-0.4, -0.2) is 91.2 Å². The Labute approximate surface area is 272 Å². The lowest BCUT2D eigenvalue weighted by molar-refractivity contribution is 0.0357. The maximum absolute atomic E-state index is 13.9. The molecule has 0 unspecified atom stereocenters. The molecule has 1 amide bonds. The maximum Gasteiger partial charge on any atom is 0.257 e. The van der Waals surface area contributed by atoms with E-state index in [1.807, 2.05) is 42.3 Å². The van der Waals surface area contributed by atoms with Crippen molar-refractivity contribution in [2.75, 3.05) is 69.8 Å². The Morgan fingerprint density at radius 3 is 2.60 bits per heavy atom. The van der Waals surface area contributed by atoms with Crippen molar-refractivity contribution in [1.29, 1.82) is 0 Å². The lowest BCUT2D eigenvalue weighted by atomic mass is 9.92. The van der Waals surface area contributed by atoms with Gasteiger partial charge in [0.1, 0.15) is 5.00 Å². The quantitative estimate of drug-likeness (QED) is 0.187. The first kappa shape index (κ1) is 32.9. The molecule has 1 aromatic carbocycles. The zero-order chi connectivity index (χ0) is 32.0. The fraction of sp³-hybridized carbons (Fsp3) is 0.514. The Hall–Kier alpha value is -3.47. The van der Waals surface area contributed by atoms with Crippen LogP contribution in [0.2, 0.25) is 0 Å². The fourth-order valence-electron chi connectivity index (χ4n) is 5.50. The summed E-state index contributed by atoms with van der Waals surface area (Å²) in [6.45, 7) is 19.7. The number of carbonyl (C=O) groups is 1. The second-order valence-electron chi connectivity index (χ2n) is 13.2. The van der Waals surface area contributed by atoms with Gasteiger partial charge in [0.15, 0.2) is 0 Å². The Morgan fingerprint density at radius 2 is 1.87 bits per heavy atom. The van der Waals surface area contributed by atoms with Gasteiger partial charge >= 0.3 is 0 Å². The van der Waals surface area contributed by atoms with Crippen molar-refractivity contribution in [3.63, 3.8) is 0 Å². The predicted octanol–water partition coefficient (Wildman–Crippen LogP) is 6.39. The Balaban J connectivity index is 1.19. The summed E-state index contributed by atoms with van der Waals surface area (Å²) in [5.74, 6) is 0.688. The van der Waals surface area contributed by atoms with Gasteiger partial charge in [-0.25, -0.2) is 4.98 Å². The molecule has 2 aliphatic rings. The van der Waals surface area contributed by atoms with Crippen molar-refractivity contribution < 1.29 is 14.3 Å². The Bertz CT molecular complexity index is 1470. The van der Waals surface area contributed by atoms with E-state index in [2.05, 4.69) is 78.3 Å². The number of rotatable bonds is 11. The number of thiophene rings is 1. The highest BCUT2D eigenvalue weighted by Crippen LogP contribution is 2.38. The monoisotopic (exact) mass is 632 g/mol. The second kappa shape index (κ2) is 14.3. The van der Waals surface area contributed by atoms with E-state index in [4.69, 9.17) is 9.47 Å². The Morgan fingerprint density at radius 1 is 1.07 bits per heavy atom. The van der Waals surface area contributed by atoms with Gasteiger partial charge in [-0.1, -0.05) is 32.9 Å². The van der Waals surface area contributed by atoms with Crippen LogP contribution in [0.1, 0.15) is 63.2 Å². The minimum atomic E-state index is -0.419. The van der Waals surface area contributed by atoms with Crippen LogP contribution in [-0.2, 0) is 10.2 Å². The predicted molar refractivity (Wildman–Crippen MR) is 185 cm³/mol. The third-order valence-electron chi connectivity index (χ3n) is 8.63. The zero-order valence-electron chi connectivity index (χ0n) is 27.6. The number of carbonyl (C=O) groups excluding carboxylic acids is 1. The molecule has 3 aromatic rings. The van der Waals surface area contributed by atoms with Crippen molar-refractivity contribution in [1.82, 2.24) is 14.8 Å². The molecule has 1 saturated heterocycles. The highest BCUT2D eigenvalue weighted by molar-refractivity contribution is 7.16. The number of ether oxygens (including phenoxy) is 2. The van der Waals surface area contributed by atoms with Gasteiger partial charge in [0.05, 0.1) is 44.1 Å². The van der Waals surface area contributed by atoms with E-state index in [0.717, 1.165) is 72.4 Å². The molecule has 5 rings (SSSR count). The van der Waals surface area contributed by atoms with Gasteiger partial charge in [0, 0.05) is 60.3 Å². The van der Waals surface area contributed by atoms with Gasteiger partial charge in [-0.15, -0.1) is 11.3 Å². The van der Waals surface area contributed by atoms with E-state index in [-0.39, 0.29) is 11.3 Å². The zero-order valence-corrected chi connectivity index (χ0v) is 28.4. The van der Waals surface area contributed by atoms with Crippen molar-refractivity contribution in [2.24, 2.45) is 4.99 Å². The average Bonchev–Trinajstić information content (AvgIpc) is 3.46. The topological polar surface area (TPSA) is 91.3 Å². The molecular formula is C35H48N6O3S. The van der Waals surface area contributed by atoms with E-state index < -0.39 is 5.54 Å². The molecule has 2 N–H and O–H groups in total. The van der Waals surface area contributed by atoms with Crippen molar-refractivity contribution in [3.05, 3.63) is 59.1 Å². The van der Waals surface area contributed by atoms with Gasteiger partial charge in [0.25, 0.3) is 5.91 Å². The number of aromatic nitrogens is 1. The number of pyridine rings is 1. The normalized spacial score (nSPS) is 17.1. The number of nitrogens with zero attached hydrogens (tertiary/aromatic N) is 4. The van der Waals surface area contributed by atoms with Crippen LogP contribution in [0.25, 0.3) is 11.1 Å². The number of aliphatic imine (C=N–C) groups is 1. The lowest BCUT2D eigenvalue weighted by Gasteiger charge is -2.41. The summed E-state index contributed by atoms with van der Waals surface area (Å²) in [5.41, 5.74) is 4.30. The highest BCUT2D eigenvalue weighted by atomic mass is 32.1. The molecular weight excluding hydrogens is 584 g/mol. The number of amides is 1. The molecule has 242 valence electrons. The smallest absolute Gasteiger partial charge is 0.257 e. The van der Waals surface area contributed by atoms with Gasteiger partial charge in [-0.05, 0) is 62.4 Å². The number of hydrogen-bond acceptors (Lipinski definition) is 9. The number of benzene rings is 1. The van der Waals surface area contributed by atoms with E-state index >= 15 is 0 Å². The lowest BCUT2D eigenvalue weighted by Crippen LogP contribution is -2.55. The van der Waals surface area contributed by atoms with Gasteiger partial charge in [-0.2, -0.15) is 0 Å². The maximum atomic E-state index is 13.9. The molecule has 10 heteroatoms. The molecule has 0 bridgehead atoms. The molecule has 2 aliphatic heterocycles. The molecule has 0 spiro atoms. The highest BCUT2D eigenvalue weighted by Gasteiger charge is 2.37. The molecule has 0 aliphatic carbocycles. The minimum absolute atomic E-state index is 0.0440. The summed E-state index contributed by atoms with van der Waals surface area (Å²) < 4.78 is 11.3. The minimum Gasteiger partial charge on any atom is -0.478 e. The van der Waals surface area contributed by atoms with Crippen molar-refractivity contribution in [2.45, 2.75) is 58.9 Å². The standard InChI is InChI=1S/C35H48N6O3S/c1-25-35(5,6)41(15-13-36-25)33(42)29-22-30(34(2,3)4)45-32(29)39-24-38-28-10-7-9-26(21-28)27-11-12-31(37-23-27)44-18-8-14-40-16-19-43-20-17-40/h7,9-12,21-23,38-39H,8,13-20,24H2,1-6H3. The molecule has 4 heterocycles. The SMILES string of the molecule is CC1=NCCN(C(=O)c2cc(C(C)(C)C)sc2NCNc2cccc(-c3ccc(OCCCN4CCOCC4)nc3)c2)C1(C)C. The first-order chi connectivity index (χ1) is 21.5. The van der Waals surface area contributed by atoms with Gasteiger partial charge in [-0.3, -0.25) is 14.7 Å². The second-order valence-corrected chi connectivity index (χ2v) is 14.3. The molecule has 2 aromatic heterocycles. The van der Waals surface area contributed by atoms with Crippen LogP contribution in [0.5, 0.6) is 5.88 Å². The number of anilines is 2. The molecule has 1 fully saturated rings. The number of nitrogens with one attached hydrogen (secondary N) is 2. The van der Waals surface area contributed by atoms with Crippen LogP contribution >= 0.6 is 11.3 Å². The van der Waals surface area contributed by atoms with Gasteiger partial charge in [0.2, 0.25) is 5.88 Å². The van der Waals surface area contributed by atoms with E-state index in [9.17, 15) is 4.79 Å². The van der Waals surface area contributed by atoms with Crippen molar-refractivity contribution >= 4 is 33.6 Å². The van der Waals surface area contributed by atoms with Crippen molar-refractivity contribution in [3.8, 4) is 17.0 Å². The van der Waals surface area contributed by atoms with Crippen LogP contribution in [0, 0.1) is 0 Å². The van der Waals surface area contributed by atoms with E-state index in [1.54, 1.807) is 11.3 Å². The fourth-order valence-corrected chi connectivity index (χ4v) is 6.60. The molecule has 0 radical (unpaired) electrons. The molecule has 45 heavy (non-hydrogen) atoms. The third kappa shape index (κ3) is 8.23. The summed E-state index contributed by atoms with van der Waals surface area (Å²) in [5, 5.41) is 7.89. The number of hydrogen-bond donors (Lipinski definition) is 2. The van der Waals surface area contributed by atoms with Crippen LogP contribution in [0.3, 0.4) is 0 Å². The van der Waals surface area contributed by atoms with Gasteiger partial charge < -0.3 is 25.0 Å². The van der Waals surface area contributed by atoms with Crippen LogP contribution < -0.4 is 15.4 Å². The summed E-state index contributed by atoms with van der Waals surface area (Å²) in [7, 11) is 0. The number of morpholine rings is 1. The molecule has 0 atom stereocenters. The van der Waals surface area contributed by atoms with E-state index in [1.165, 1.54) is 4.88 Å². The molecule has 9 nitrogen and oxygen atoms in total. The Kier molecular flexibility index (Phi) is 10.5. The summed E-state index contributed by atoms with van der Waals surface area (Å²) in [6.07, 6.45) is 2.83. The average molecular weight is 633 g/mol.